The normalized spacial score (nSPS) is 11.3. The van der Waals surface area contributed by atoms with Crippen LogP contribution in [0.25, 0.3) is 5.65 Å². The summed E-state index contributed by atoms with van der Waals surface area (Å²) in [5.74, 6) is 1.72. The van der Waals surface area contributed by atoms with Crippen LogP contribution in [0.5, 0.6) is 0 Å². The van der Waals surface area contributed by atoms with Crippen molar-refractivity contribution in [2.75, 3.05) is 13.1 Å². The monoisotopic (exact) mass is 532 g/mol. The number of hydrogen-bond donors (Lipinski definition) is 2. The number of aromatic nitrogens is 3. The van der Waals surface area contributed by atoms with Crippen molar-refractivity contribution in [1.82, 2.24) is 25.2 Å². The number of hydrogen-bond acceptors (Lipinski definition) is 3. The predicted octanol–water partition coefficient (Wildman–Crippen LogP) is 4.34. The molecule has 2 N–H and O–H groups in total. The van der Waals surface area contributed by atoms with E-state index in [0.717, 1.165) is 48.9 Å². The lowest BCUT2D eigenvalue weighted by atomic mass is 10.2. The van der Waals surface area contributed by atoms with E-state index in [1.54, 1.807) is 6.07 Å². The summed E-state index contributed by atoms with van der Waals surface area (Å²) in [7, 11) is 0. The highest BCUT2D eigenvalue weighted by Crippen LogP contribution is 2.21. The molecule has 2 aromatic heterocycles. The molecular formula is C19H23Cl2IN6. The SMILES string of the molecule is CCNC(=NCc1ccc(Cl)cc1Cl)NCCCc1nnc2ccccn12.I. The summed E-state index contributed by atoms with van der Waals surface area (Å²) in [6, 6.07) is 11.3. The Hall–Kier alpha value is -1.58. The Kier molecular flexibility index (Phi) is 9.27. The fourth-order valence-corrected chi connectivity index (χ4v) is 3.14. The molecule has 0 aliphatic rings. The average Bonchev–Trinajstić information content (AvgIpc) is 3.07. The van der Waals surface area contributed by atoms with Gasteiger partial charge in [-0.3, -0.25) is 4.40 Å². The molecule has 3 rings (SSSR count). The summed E-state index contributed by atoms with van der Waals surface area (Å²) in [6.07, 6.45) is 3.74. The fourth-order valence-electron chi connectivity index (χ4n) is 2.67. The molecule has 0 spiro atoms. The summed E-state index contributed by atoms with van der Waals surface area (Å²) in [5, 5.41) is 16.3. The van der Waals surface area contributed by atoms with Crippen molar-refractivity contribution in [2.24, 2.45) is 4.99 Å². The third kappa shape index (κ3) is 6.22. The summed E-state index contributed by atoms with van der Waals surface area (Å²) < 4.78 is 2.02. The van der Waals surface area contributed by atoms with E-state index in [0.29, 0.717) is 16.6 Å². The molecule has 3 aromatic rings. The summed E-state index contributed by atoms with van der Waals surface area (Å²) in [6.45, 7) is 4.09. The second-order valence-corrected chi connectivity index (χ2v) is 6.85. The van der Waals surface area contributed by atoms with Gasteiger partial charge in [-0.15, -0.1) is 34.2 Å². The third-order valence-corrected chi connectivity index (χ3v) is 4.61. The molecule has 0 amide bonds. The number of guanidine groups is 1. The van der Waals surface area contributed by atoms with E-state index >= 15 is 0 Å². The van der Waals surface area contributed by atoms with Crippen molar-refractivity contribution in [1.29, 1.82) is 0 Å². The molecule has 0 saturated heterocycles. The second-order valence-electron chi connectivity index (χ2n) is 6.01. The molecule has 0 aliphatic heterocycles. The number of benzene rings is 1. The van der Waals surface area contributed by atoms with Gasteiger partial charge < -0.3 is 10.6 Å². The molecule has 9 heteroatoms. The first kappa shape index (κ1) is 22.7. The van der Waals surface area contributed by atoms with Crippen LogP contribution in [0.4, 0.5) is 0 Å². The molecule has 2 heterocycles. The van der Waals surface area contributed by atoms with E-state index in [1.807, 2.05) is 47.9 Å². The molecule has 0 atom stereocenters. The van der Waals surface area contributed by atoms with Crippen molar-refractivity contribution in [2.45, 2.75) is 26.3 Å². The fraction of sp³-hybridized carbons (Fsp3) is 0.316. The lowest BCUT2D eigenvalue weighted by molar-refractivity contribution is 0.715. The number of aliphatic imine (C=N–C) groups is 1. The number of nitrogens with one attached hydrogen (secondary N) is 2. The summed E-state index contributed by atoms with van der Waals surface area (Å²) in [4.78, 5) is 4.59. The first-order valence-electron chi connectivity index (χ1n) is 8.92. The zero-order chi connectivity index (χ0) is 19.1. The standard InChI is InChI=1S/C19H22Cl2N6.HI/c1-2-22-19(24-13-14-8-9-15(20)12-16(14)21)23-10-5-7-18-26-25-17-6-3-4-11-27(17)18;/h3-4,6,8-9,11-12H,2,5,7,10,13H2,1H3,(H2,22,23,24);1H. The van der Waals surface area contributed by atoms with Crippen LogP contribution in [0.1, 0.15) is 24.7 Å². The number of rotatable bonds is 7. The predicted molar refractivity (Wildman–Crippen MR) is 126 cm³/mol. The summed E-state index contributed by atoms with van der Waals surface area (Å²) in [5.41, 5.74) is 1.81. The minimum Gasteiger partial charge on any atom is -0.357 e. The Morgan fingerprint density at radius 1 is 1.14 bits per heavy atom. The quantitative estimate of drug-likeness (QED) is 0.205. The van der Waals surface area contributed by atoms with Crippen LogP contribution in [0.15, 0.2) is 47.6 Å². The van der Waals surface area contributed by atoms with Gasteiger partial charge in [0.05, 0.1) is 6.54 Å². The maximum absolute atomic E-state index is 6.21. The highest BCUT2D eigenvalue weighted by atomic mass is 127. The van der Waals surface area contributed by atoms with Crippen LogP contribution >= 0.6 is 47.2 Å². The first-order chi connectivity index (χ1) is 13.2. The molecule has 6 nitrogen and oxygen atoms in total. The van der Waals surface area contributed by atoms with Gasteiger partial charge in [0.15, 0.2) is 11.6 Å². The molecule has 150 valence electrons. The number of pyridine rings is 1. The number of aryl methyl sites for hydroxylation is 1. The lowest BCUT2D eigenvalue weighted by Crippen LogP contribution is -2.37. The Balaban J connectivity index is 0.00000280. The molecule has 0 radical (unpaired) electrons. The third-order valence-electron chi connectivity index (χ3n) is 4.02. The minimum absolute atomic E-state index is 0. The highest BCUT2D eigenvalue weighted by molar-refractivity contribution is 14.0. The molecule has 0 fully saturated rings. The van der Waals surface area contributed by atoms with Gasteiger partial charge in [0, 0.05) is 35.8 Å². The Bertz CT molecular complexity index is 928. The van der Waals surface area contributed by atoms with Crippen molar-refractivity contribution >= 4 is 58.8 Å². The van der Waals surface area contributed by atoms with Gasteiger partial charge in [-0.05, 0) is 43.2 Å². The Morgan fingerprint density at radius 3 is 2.79 bits per heavy atom. The number of halogens is 3. The molecule has 0 aliphatic carbocycles. The van der Waals surface area contributed by atoms with Crippen LogP contribution in [0.3, 0.4) is 0 Å². The molecular weight excluding hydrogens is 510 g/mol. The van der Waals surface area contributed by atoms with Gasteiger partial charge in [0.25, 0.3) is 0 Å². The average molecular weight is 533 g/mol. The van der Waals surface area contributed by atoms with Crippen LogP contribution in [0.2, 0.25) is 10.0 Å². The molecule has 0 unspecified atom stereocenters. The van der Waals surface area contributed by atoms with Crippen LogP contribution in [-0.4, -0.2) is 33.6 Å². The van der Waals surface area contributed by atoms with E-state index in [1.165, 1.54) is 0 Å². The topological polar surface area (TPSA) is 66.6 Å². The van der Waals surface area contributed by atoms with E-state index < -0.39 is 0 Å². The number of nitrogens with zero attached hydrogens (tertiary/aromatic N) is 4. The maximum Gasteiger partial charge on any atom is 0.191 e. The van der Waals surface area contributed by atoms with Crippen LogP contribution in [-0.2, 0) is 13.0 Å². The van der Waals surface area contributed by atoms with Crippen LogP contribution < -0.4 is 10.6 Å². The smallest absolute Gasteiger partial charge is 0.191 e. The van der Waals surface area contributed by atoms with Crippen molar-refractivity contribution in [3.63, 3.8) is 0 Å². The lowest BCUT2D eigenvalue weighted by Gasteiger charge is -2.11. The molecule has 0 bridgehead atoms. The first-order valence-corrected chi connectivity index (χ1v) is 9.67. The maximum atomic E-state index is 6.21. The van der Waals surface area contributed by atoms with Crippen molar-refractivity contribution < 1.29 is 0 Å². The van der Waals surface area contributed by atoms with Gasteiger partial charge in [-0.25, -0.2) is 4.99 Å². The van der Waals surface area contributed by atoms with Gasteiger partial charge in [0.1, 0.15) is 5.82 Å². The molecule has 0 saturated carbocycles. The van der Waals surface area contributed by atoms with E-state index in [-0.39, 0.29) is 24.0 Å². The van der Waals surface area contributed by atoms with E-state index in [9.17, 15) is 0 Å². The van der Waals surface area contributed by atoms with Gasteiger partial charge in [0.2, 0.25) is 0 Å². The molecule has 28 heavy (non-hydrogen) atoms. The second kappa shape index (κ2) is 11.4. The zero-order valence-electron chi connectivity index (χ0n) is 15.5. The van der Waals surface area contributed by atoms with Crippen LogP contribution in [0, 0.1) is 0 Å². The minimum atomic E-state index is 0. The highest BCUT2D eigenvalue weighted by Gasteiger charge is 2.05. The zero-order valence-corrected chi connectivity index (χ0v) is 19.4. The van der Waals surface area contributed by atoms with Crippen molar-refractivity contribution in [3.05, 3.63) is 64.0 Å². The number of fused-ring (bicyclic) bond motifs is 1. The Labute approximate surface area is 191 Å². The van der Waals surface area contributed by atoms with Gasteiger partial charge >= 0.3 is 0 Å². The largest absolute Gasteiger partial charge is 0.357 e. The Morgan fingerprint density at radius 2 is 2.00 bits per heavy atom. The van der Waals surface area contributed by atoms with Gasteiger partial charge in [-0.2, -0.15) is 0 Å². The van der Waals surface area contributed by atoms with Gasteiger partial charge in [-0.1, -0.05) is 35.3 Å². The van der Waals surface area contributed by atoms with E-state index in [4.69, 9.17) is 23.2 Å². The molecule has 1 aromatic carbocycles. The van der Waals surface area contributed by atoms with Crippen molar-refractivity contribution in [3.8, 4) is 0 Å². The summed E-state index contributed by atoms with van der Waals surface area (Å²) >= 11 is 12.1. The van der Waals surface area contributed by atoms with E-state index in [2.05, 4.69) is 25.8 Å².